The molecule has 1 aliphatic rings. The minimum absolute atomic E-state index is 0.163. The summed E-state index contributed by atoms with van der Waals surface area (Å²) in [6.07, 6.45) is 0.888. The van der Waals surface area contributed by atoms with Gasteiger partial charge >= 0.3 is 0 Å². The van der Waals surface area contributed by atoms with Crippen molar-refractivity contribution >= 4 is 17.2 Å². The molecule has 3 aromatic rings. The van der Waals surface area contributed by atoms with Crippen LogP contribution in [0.1, 0.15) is 23.1 Å². The van der Waals surface area contributed by atoms with Gasteiger partial charge in [-0.05, 0) is 25.0 Å². The van der Waals surface area contributed by atoms with Gasteiger partial charge in [0, 0.05) is 6.07 Å². The zero-order chi connectivity index (χ0) is 14.4. The molecule has 2 aromatic heterocycles. The Bertz CT molecular complexity index is 830. The van der Waals surface area contributed by atoms with E-state index in [1.165, 1.54) is 5.56 Å². The summed E-state index contributed by atoms with van der Waals surface area (Å²) in [5.41, 5.74) is 1.92. The first-order valence-electron chi connectivity index (χ1n) is 6.81. The van der Waals surface area contributed by atoms with Gasteiger partial charge in [0.15, 0.2) is 5.65 Å². The van der Waals surface area contributed by atoms with Crippen LogP contribution >= 0.6 is 11.6 Å². The summed E-state index contributed by atoms with van der Waals surface area (Å²) in [4.78, 5) is 4.28. The van der Waals surface area contributed by atoms with E-state index < -0.39 is 0 Å². The highest BCUT2D eigenvalue weighted by molar-refractivity contribution is 6.29. The lowest BCUT2D eigenvalue weighted by atomic mass is 9.96. The van der Waals surface area contributed by atoms with Crippen molar-refractivity contribution in [2.75, 3.05) is 6.61 Å². The summed E-state index contributed by atoms with van der Waals surface area (Å²) in [5.74, 6) is 2.79. The first kappa shape index (κ1) is 12.6. The van der Waals surface area contributed by atoms with Crippen molar-refractivity contribution in [2.24, 2.45) is 0 Å². The molecule has 0 spiro atoms. The molecule has 1 atom stereocenters. The van der Waals surface area contributed by atoms with Crippen LogP contribution in [0.4, 0.5) is 0 Å². The number of halogens is 1. The molecular formula is C15H13ClN4O. The quantitative estimate of drug-likeness (QED) is 0.649. The van der Waals surface area contributed by atoms with Gasteiger partial charge in [-0.2, -0.15) is 0 Å². The molecule has 0 N–H and O–H groups in total. The molecule has 1 aromatic carbocycles. The number of nitrogens with zero attached hydrogens (tertiary/aromatic N) is 4. The number of hydrogen-bond donors (Lipinski definition) is 0. The standard InChI is InChI=1S/C15H13ClN4O/c1-9-17-13(16)7-14-18-19-15(20(9)14)11-6-10-4-2-3-5-12(10)21-8-11/h2-5,7,11H,6,8H2,1H3. The first-order chi connectivity index (χ1) is 10.2. The zero-order valence-corrected chi connectivity index (χ0v) is 12.2. The van der Waals surface area contributed by atoms with E-state index >= 15 is 0 Å². The SMILES string of the molecule is Cc1nc(Cl)cc2nnc(C3COc4ccccc4C3)n12. The number of hydrogen-bond acceptors (Lipinski definition) is 4. The Morgan fingerprint density at radius 1 is 1.29 bits per heavy atom. The molecule has 0 bridgehead atoms. The predicted octanol–water partition coefficient (Wildman–Crippen LogP) is 2.80. The highest BCUT2D eigenvalue weighted by atomic mass is 35.5. The molecule has 0 aliphatic carbocycles. The van der Waals surface area contributed by atoms with Gasteiger partial charge in [0.05, 0.1) is 12.5 Å². The Kier molecular flexibility index (Phi) is 2.82. The van der Waals surface area contributed by atoms with Crippen molar-refractivity contribution in [1.29, 1.82) is 0 Å². The second-order valence-corrected chi connectivity index (χ2v) is 5.58. The molecule has 106 valence electrons. The van der Waals surface area contributed by atoms with E-state index in [4.69, 9.17) is 16.3 Å². The summed E-state index contributed by atoms with van der Waals surface area (Å²) < 4.78 is 7.80. The summed E-state index contributed by atoms with van der Waals surface area (Å²) in [6, 6.07) is 9.83. The molecule has 1 unspecified atom stereocenters. The van der Waals surface area contributed by atoms with Crippen molar-refractivity contribution in [3.05, 3.63) is 52.7 Å². The lowest BCUT2D eigenvalue weighted by Crippen LogP contribution is -2.21. The van der Waals surface area contributed by atoms with E-state index in [1.807, 2.05) is 29.5 Å². The van der Waals surface area contributed by atoms with Crippen LogP contribution in [0.15, 0.2) is 30.3 Å². The van der Waals surface area contributed by atoms with Crippen LogP contribution in [0.5, 0.6) is 5.75 Å². The van der Waals surface area contributed by atoms with E-state index in [-0.39, 0.29) is 5.92 Å². The van der Waals surface area contributed by atoms with E-state index in [9.17, 15) is 0 Å². The minimum Gasteiger partial charge on any atom is -0.493 e. The minimum atomic E-state index is 0.163. The second-order valence-electron chi connectivity index (χ2n) is 5.20. The first-order valence-corrected chi connectivity index (χ1v) is 7.19. The lowest BCUT2D eigenvalue weighted by molar-refractivity contribution is 0.257. The number of rotatable bonds is 1. The smallest absolute Gasteiger partial charge is 0.165 e. The lowest BCUT2D eigenvalue weighted by Gasteiger charge is -2.24. The molecule has 1 aliphatic heterocycles. The molecule has 21 heavy (non-hydrogen) atoms. The fraction of sp³-hybridized carbons (Fsp3) is 0.267. The van der Waals surface area contributed by atoms with Crippen LogP contribution < -0.4 is 4.74 Å². The van der Waals surface area contributed by atoms with Gasteiger partial charge in [-0.15, -0.1) is 10.2 Å². The number of aryl methyl sites for hydroxylation is 1. The van der Waals surface area contributed by atoms with E-state index in [0.717, 1.165) is 29.5 Å². The maximum Gasteiger partial charge on any atom is 0.165 e. The Morgan fingerprint density at radius 3 is 3.05 bits per heavy atom. The highest BCUT2D eigenvalue weighted by Crippen LogP contribution is 2.31. The maximum atomic E-state index is 5.97. The Balaban J connectivity index is 1.78. The number of ether oxygens (including phenoxy) is 1. The molecule has 0 saturated carbocycles. The summed E-state index contributed by atoms with van der Waals surface area (Å²) in [6.45, 7) is 2.50. The monoisotopic (exact) mass is 300 g/mol. The molecule has 0 radical (unpaired) electrons. The fourth-order valence-corrected chi connectivity index (χ4v) is 3.06. The third-order valence-corrected chi connectivity index (χ3v) is 3.99. The van der Waals surface area contributed by atoms with Crippen LogP contribution in [0, 0.1) is 6.92 Å². The molecule has 0 amide bonds. The van der Waals surface area contributed by atoms with Crippen molar-refractivity contribution in [1.82, 2.24) is 19.6 Å². The predicted molar refractivity (Wildman–Crippen MR) is 78.9 cm³/mol. The van der Waals surface area contributed by atoms with E-state index in [2.05, 4.69) is 21.2 Å². The topological polar surface area (TPSA) is 52.3 Å². The maximum absolute atomic E-state index is 5.97. The summed E-state index contributed by atoms with van der Waals surface area (Å²) in [5, 5.41) is 8.97. The number of aromatic nitrogens is 4. The molecule has 0 saturated heterocycles. The van der Waals surface area contributed by atoms with Gasteiger partial charge in [-0.25, -0.2) is 4.98 Å². The van der Waals surface area contributed by atoms with Gasteiger partial charge < -0.3 is 4.74 Å². The van der Waals surface area contributed by atoms with Gasteiger partial charge in [-0.1, -0.05) is 29.8 Å². The second kappa shape index (κ2) is 4.70. The van der Waals surface area contributed by atoms with Gasteiger partial charge in [0.25, 0.3) is 0 Å². The molecule has 5 nitrogen and oxygen atoms in total. The third-order valence-electron chi connectivity index (χ3n) is 3.80. The Labute approximate surface area is 126 Å². The van der Waals surface area contributed by atoms with Crippen molar-refractivity contribution in [2.45, 2.75) is 19.3 Å². The van der Waals surface area contributed by atoms with E-state index in [1.54, 1.807) is 6.07 Å². The Hall–Kier alpha value is -2.14. The van der Waals surface area contributed by atoms with E-state index in [0.29, 0.717) is 11.8 Å². The van der Waals surface area contributed by atoms with Crippen LogP contribution in [0.3, 0.4) is 0 Å². The van der Waals surface area contributed by atoms with Crippen LogP contribution in [0.25, 0.3) is 5.65 Å². The van der Waals surface area contributed by atoms with Crippen LogP contribution in [-0.4, -0.2) is 26.2 Å². The molecule has 4 rings (SSSR count). The van der Waals surface area contributed by atoms with Crippen LogP contribution in [0.2, 0.25) is 5.15 Å². The number of para-hydroxylation sites is 1. The molecule has 3 heterocycles. The van der Waals surface area contributed by atoms with Gasteiger partial charge in [-0.3, -0.25) is 4.40 Å². The zero-order valence-electron chi connectivity index (χ0n) is 11.5. The van der Waals surface area contributed by atoms with Gasteiger partial charge in [0.2, 0.25) is 0 Å². The average Bonchev–Trinajstić information content (AvgIpc) is 2.90. The van der Waals surface area contributed by atoms with Crippen LogP contribution in [-0.2, 0) is 6.42 Å². The van der Waals surface area contributed by atoms with Crippen molar-refractivity contribution in [3.63, 3.8) is 0 Å². The number of benzene rings is 1. The fourth-order valence-electron chi connectivity index (χ4n) is 2.84. The molecular weight excluding hydrogens is 288 g/mol. The van der Waals surface area contributed by atoms with Crippen molar-refractivity contribution in [3.8, 4) is 5.75 Å². The number of fused-ring (bicyclic) bond motifs is 2. The molecule has 0 fully saturated rings. The van der Waals surface area contributed by atoms with Gasteiger partial charge in [0.1, 0.15) is 22.6 Å². The summed E-state index contributed by atoms with van der Waals surface area (Å²) in [7, 11) is 0. The third kappa shape index (κ3) is 2.05. The Morgan fingerprint density at radius 2 is 2.14 bits per heavy atom. The normalized spacial score (nSPS) is 17.5. The molecule has 6 heteroatoms. The summed E-state index contributed by atoms with van der Waals surface area (Å²) >= 11 is 5.97. The van der Waals surface area contributed by atoms with Crippen molar-refractivity contribution < 1.29 is 4.74 Å². The largest absolute Gasteiger partial charge is 0.493 e. The highest BCUT2D eigenvalue weighted by Gasteiger charge is 2.26. The average molecular weight is 301 g/mol.